The number of amides is 1. The maximum atomic E-state index is 10.6. The minimum atomic E-state index is -0.291. The molecule has 3 N–H and O–H groups in total. The van der Waals surface area contributed by atoms with Gasteiger partial charge in [-0.1, -0.05) is 18.5 Å². The van der Waals surface area contributed by atoms with Gasteiger partial charge in [-0.2, -0.15) is 0 Å². The summed E-state index contributed by atoms with van der Waals surface area (Å²) in [6, 6.07) is 0. The summed E-state index contributed by atoms with van der Waals surface area (Å²) in [6.45, 7) is 4.58. The number of aromatic nitrogens is 2. The number of aryl methyl sites for hydroxylation is 1. The van der Waals surface area contributed by atoms with Gasteiger partial charge in [0.1, 0.15) is 16.8 Å². The summed E-state index contributed by atoms with van der Waals surface area (Å²) in [5, 5.41) is 3.64. The monoisotopic (exact) mass is 270 g/mol. The number of carbonyl (C=O) groups is 1. The van der Waals surface area contributed by atoms with E-state index in [0.717, 1.165) is 30.0 Å². The van der Waals surface area contributed by atoms with Crippen LogP contribution < -0.4 is 11.1 Å². The van der Waals surface area contributed by atoms with Gasteiger partial charge in [0, 0.05) is 24.9 Å². The second kappa shape index (κ2) is 7.16. The van der Waals surface area contributed by atoms with Crippen molar-refractivity contribution in [3.63, 3.8) is 0 Å². The minimum Gasteiger partial charge on any atom is -0.370 e. The Kier molecular flexibility index (Phi) is 5.85. The minimum absolute atomic E-state index is 0.291. The van der Waals surface area contributed by atoms with Crippen molar-refractivity contribution >= 4 is 23.3 Å². The quantitative estimate of drug-likeness (QED) is 0.587. The van der Waals surface area contributed by atoms with E-state index in [4.69, 9.17) is 17.3 Å². The molecule has 1 amide bonds. The number of hydrogen-bond donors (Lipinski definition) is 2. The number of rotatable bonds is 7. The van der Waals surface area contributed by atoms with Crippen LogP contribution in [0.25, 0.3) is 0 Å². The Balaban J connectivity index is 2.65. The number of hydrogen-bond acceptors (Lipinski definition) is 4. The van der Waals surface area contributed by atoms with Crippen LogP contribution in [0.15, 0.2) is 0 Å². The zero-order valence-corrected chi connectivity index (χ0v) is 11.5. The van der Waals surface area contributed by atoms with Crippen LogP contribution in [-0.4, -0.2) is 22.4 Å². The van der Waals surface area contributed by atoms with Gasteiger partial charge in [0.2, 0.25) is 5.91 Å². The highest BCUT2D eigenvalue weighted by Crippen LogP contribution is 2.20. The molecular weight excluding hydrogens is 252 g/mol. The normalized spacial score (nSPS) is 10.4. The molecular formula is C12H19ClN4O. The molecule has 18 heavy (non-hydrogen) atoms. The van der Waals surface area contributed by atoms with Crippen molar-refractivity contribution < 1.29 is 4.79 Å². The topological polar surface area (TPSA) is 80.9 Å². The molecule has 1 heterocycles. The number of primary amides is 1. The molecule has 6 heteroatoms. The highest BCUT2D eigenvalue weighted by atomic mass is 35.5. The highest BCUT2D eigenvalue weighted by molar-refractivity contribution is 6.30. The fourth-order valence-electron chi connectivity index (χ4n) is 1.51. The first-order chi connectivity index (χ1) is 8.54. The van der Waals surface area contributed by atoms with Gasteiger partial charge in [0.25, 0.3) is 0 Å². The van der Waals surface area contributed by atoms with Gasteiger partial charge in [0.05, 0.1) is 0 Å². The maximum absolute atomic E-state index is 10.6. The summed E-state index contributed by atoms with van der Waals surface area (Å²) in [6.07, 6.45) is 2.82. The van der Waals surface area contributed by atoms with Crippen molar-refractivity contribution in [3.8, 4) is 0 Å². The van der Waals surface area contributed by atoms with Crippen molar-refractivity contribution in [2.24, 2.45) is 5.73 Å². The van der Waals surface area contributed by atoms with E-state index in [-0.39, 0.29) is 5.91 Å². The van der Waals surface area contributed by atoms with E-state index in [2.05, 4.69) is 22.2 Å². The Morgan fingerprint density at radius 2 is 2.17 bits per heavy atom. The fourth-order valence-corrected chi connectivity index (χ4v) is 1.70. The third kappa shape index (κ3) is 4.49. The van der Waals surface area contributed by atoms with Gasteiger partial charge in [-0.15, -0.1) is 0 Å². The predicted octanol–water partition coefficient (Wildman–Crippen LogP) is 2.07. The number of nitrogens with two attached hydrogens (primary N) is 1. The number of carbonyl (C=O) groups excluding carboxylic acids is 1. The lowest BCUT2D eigenvalue weighted by atomic mass is 10.2. The number of anilines is 1. The molecule has 1 aromatic rings. The zero-order valence-electron chi connectivity index (χ0n) is 10.8. The molecule has 0 bridgehead atoms. The van der Waals surface area contributed by atoms with E-state index < -0.39 is 0 Å². The van der Waals surface area contributed by atoms with Crippen LogP contribution in [0.3, 0.4) is 0 Å². The van der Waals surface area contributed by atoms with Crippen molar-refractivity contribution in [1.82, 2.24) is 9.97 Å². The summed E-state index contributed by atoms with van der Waals surface area (Å²) >= 11 is 6.05. The van der Waals surface area contributed by atoms with E-state index in [1.54, 1.807) is 0 Å². The Morgan fingerprint density at radius 1 is 1.44 bits per heavy atom. The van der Waals surface area contributed by atoms with Crippen LogP contribution in [-0.2, 0) is 11.2 Å². The smallest absolute Gasteiger partial charge is 0.217 e. The molecule has 0 aromatic carbocycles. The first-order valence-electron chi connectivity index (χ1n) is 6.09. The molecule has 1 rings (SSSR count). The molecule has 0 unspecified atom stereocenters. The van der Waals surface area contributed by atoms with Crippen LogP contribution in [0, 0.1) is 6.92 Å². The predicted molar refractivity (Wildman–Crippen MR) is 72.7 cm³/mol. The Bertz CT molecular complexity index is 423. The van der Waals surface area contributed by atoms with Gasteiger partial charge in [-0.3, -0.25) is 4.79 Å². The fraction of sp³-hybridized carbons (Fsp3) is 0.583. The van der Waals surface area contributed by atoms with Crippen LogP contribution in [0.2, 0.25) is 5.15 Å². The van der Waals surface area contributed by atoms with Crippen LogP contribution in [0.1, 0.15) is 37.6 Å². The summed E-state index contributed by atoms with van der Waals surface area (Å²) in [5.74, 6) is 1.19. The molecule has 0 radical (unpaired) electrons. The van der Waals surface area contributed by atoms with Gasteiger partial charge in [-0.25, -0.2) is 9.97 Å². The second-order valence-electron chi connectivity index (χ2n) is 4.15. The Hall–Kier alpha value is -1.36. The second-order valence-corrected chi connectivity index (χ2v) is 4.51. The first-order valence-corrected chi connectivity index (χ1v) is 6.47. The molecule has 0 spiro atoms. The van der Waals surface area contributed by atoms with Gasteiger partial charge in [0.15, 0.2) is 0 Å². The number of nitrogens with one attached hydrogen (secondary N) is 1. The first kappa shape index (κ1) is 14.7. The number of nitrogens with zero attached hydrogens (tertiary/aromatic N) is 2. The largest absolute Gasteiger partial charge is 0.370 e. The molecule has 0 fully saturated rings. The van der Waals surface area contributed by atoms with Crippen molar-refractivity contribution in [1.29, 1.82) is 0 Å². The summed E-state index contributed by atoms with van der Waals surface area (Å²) in [4.78, 5) is 19.3. The SMILES string of the molecule is CCCc1nc(Cl)c(C)c(NCCCC(N)=O)n1. The zero-order chi connectivity index (χ0) is 13.5. The molecule has 0 aliphatic rings. The highest BCUT2D eigenvalue weighted by Gasteiger charge is 2.08. The molecule has 1 aromatic heterocycles. The van der Waals surface area contributed by atoms with E-state index in [1.807, 2.05) is 6.92 Å². The summed E-state index contributed by atoms with van der Waals surface area (Å²) < 4.78 is 0. The molecule has 100 valence electrons. The molecule has 0 saturated heterocycles. The average molecular weight is 271 g/mol. The lowest BCUT2D eigenvalue weighted by Gasteiger charge is -2.10. The van der Waals surface area contributed by atoms with Crippen molar-refractivity contribution in [2.45, 2.75) is 39.5 Å². The van der Waals surface area contributed by atoms with Crippen LogP contribution >= 0.6 is 11.6 Å². The average Bonchev–Trinajstić information content (AvgIpc) is 2.30. The number of halogens is 1. The van der Waals surface area contributed by atoms with E-state index in [0.29, 0.717) is 24.5 Å². The molecule has 5 nitrogen and oxygen atoms in total. The van der Waals surface area contributed by atoms with Crippen LogP contribution in [0.5, 0.6) is 0 Å². The van der Waals surface area contributed by atoms with Gasteiger partial charge in [-0.05, 0) is 19.8 Å². The standard InChI is InChI=1S/C12H19ClN4O/c1-3-5-10-16-11(13)8(2)12(17-10)15-7-4-6-9(14)18/h3-7H2,1-2H3,(H2,14,18)(H,15,16,17). The molecule has 0 aliphatic heterocycles. The maximum Gasteiger partial charge on any atom is 0.217 e. The van der Waals surface area contributed by atoms with Gasteiger partial charge < -0.3 is 11.1 Å². The van der Waals surface area contributed by atoms with E-state index in [1.165, 1.54) is 0 Å². The summed E-state index contributed by atoms with van der Waals surface area (Å²) in [5.41, 5.74) is 5.91. The van der Waals surface area contributed by atoms with Crippen LogP contribution in [0.4, 0.5) is 5.82 Å². The molecule has 0 atom stereocenters. The Morgan fingerprint density at radius 3 is 2.78 bits per heavy atom. The summed E-state index contributed by atoms with van der Waals surface area (Å²) in [7, 11) is 0. The van der Waals surface area contributed by atoms with Crippen molar-refractivity contribution in [2.75, 3.05) is 11.9 Å². The van der Waals surface area contributed by atoms with Crippen molar-refractivity contribution in [3.05, 3.63) is 16.5 Å². The third-order valence-corrected chi connectivity index (χ3v) is 2.87. The lowest BCUT2D eigenvalue weighted by molar-refractivity contribution is -0.118. The van der Waals surface area contributed by atoms with Gasteiger partial charge >= 0.3 is 0 Å². The van der Waals surface area contributed by atoms with E-state index in [9.17, 15) is 4.79 Å². The Labute approximate surface area is 112 Å². The molecule has 0 aliphatic carbocycles. The third-order valence-electron chi connectivity index (χ3n) is 2.50. The molecule has 0 saturated carbocycles. The lowest BCUT2D eigenvalue weighted by Crippen LogP contribution is -2.14. The van der Waals surface area contributed by atoms with E-state index >= 15 is 0 Å².